The van der Waals surface area contributed by atoms with E-state index in [0.717, 1.165) is 41.0 Å². The van der Waals surface area contributed by atoms with Crippen LogP contribution in [-0.2, 0) is 15.8 Å². The molecule has 3 amide bonds. The van der Waals surface area contributed by atoms with Crippen molar-refractivity contribution in [3.05, 3.63) is 83.4 Å². The molecule has 37 heavy (non-hydrogen) atoms. The summed E-state index contributed by atoms with van der Waals surface area (Å²) in [6, 6.07) is 16.3. The first kappa shape index (κ1) is 25.9. The molecule has 0 unspecified atom stereocenters. The van der Waals surface area contributed by atoms with Crippen LogP contribution in [0.15, 0.2) is 66.7 Å². The Hall–Kier alpha value is -4.14. The van der Waals surface area contributed by atoms with Crippen molar-refractivity contribution in [3.8, 4) is 11.1 Å². The Balaban J connectivity index is 1.69. The van der Waals surface area contributed by atoms with E-state index in [4.69, 9.17) is 0 Å². The summed E-state index contributed by atoms with van der Waals surface area (Å²) in [6.45, 7) is 4.78. The maximum Gasteiger partial charge on any atom is 0.416 e. The molecule has 1 aliphatic rings. The molecule has 9 heteroatoms. The Labute approximate surface area is 212 Å². The van der Waals surface area contributed by atoms with Crippen molar-refractivity contribution in [3.63, 3.8) is 0 Å². The first-order chi connectivity index (χ1) is 17.4. The van der Waals surface area contributed by atoms with Crippen molar-refractivity contribution in [2.75, 3.05) is 10.2 Å². The van der Waals surface area contributed by atoms with E-state index < -0.39 is 23.7 Å². The van der Waals surface area contributed by atoms with E-state index in [2.05, 4.69) is 10.6 Å². The third-order valence-corrected chi connectivity index (χ3v) is 6.32. The van der Waals surface area contributed by atoms with Crippen LogP contribution in [0.2, 0.25) is 0 Å². The molecular weight excluding hydrogens is 483 g/mol. The Morgan fingerprint density at radius 3 is 2.22 bits per heavy atom. The van der Waals surface area contributed by atoms with Crippen molar-refractivity contribution >= 4 is 29.1 Å². The summed E-state index contributed by atoms with van der Waals surface area (Å²) in [5, 5.41) is 5.69. The number of amides is 3. The maximum absolute atomic E-state index is 13.0. The molecule has 0 saturated carbocycles. The number of halogens is 3. The van der Waals surface area contributed by atoms with Crippen LogP contribution in [0.5, 0.6) is 0 Å². The van der Waals surface area contributed by atoms with E-state index in [1.54, 1.807) is 11.0 Å². The molecule has 0 saturated heterocycles. The topological polar surface area (TPSA) is 78.5 Å². The Morgan fingerprint density at radius 1 is 0.919 bits per heavy atom. The van der Waals surface area contributed by atoms with Gasteiger partial charge in [0.15, 0.2) is 0 Å². The molecule has 6 nitrogen and oxygen atoms in total. The second-order valence-electron chi connectivity index (χ2n) is 9.11. The zero-order valence-corrected chi connectivity index (χ0v) is 20.5. The molecule has 0 spiro atoms. The van der Waals surface area contributed by atoms with Crippen LogP contribution in [0.25, 0.3) is 11.1 Å². The number of hydrogen-bond donors (Lipinski definition) is 2. The zero-order chi connectivity index (χ0) is 26.9. The molecular formula is C28H26F3N3O3. The summed E-state index contributed by atoms with van der Waals surface area (Å²) in [4.78, 5) is 38.6. The monoisotopic (exact) mass is 509 g/mol. The van der Waals surface area contributed by atoms with Crippen molar-refractivity contribution in [1.82, 2.24) is 5.32 Å². The van der Waals surface area contributed by atoms with Gasteiger partial charge >= 0.3 is 6.18 Å². The lowest BCUT2D eigenvalue weighted by Crippen LogP contribution is -2.45. The van der Waals surface area contributed by atoms with Gasteiger partial charge in [-0.15, -0.1) is 0 Å². The van der Waals surface area contributed by atoms with Crippen molar-refractivity contribution < 1.29 is 27.6 Å². The Morgan fingerprint density at radius 2 is 1.59 bits per heavy atom. The largest absolute Gasteiger partial charge is 0.416 e. The van der Waals surface area contributed by atoms with Gasteiger partial charge in [-0.05, 0) is 78.6 Å². The number of rotatable bonds is 4. The van der Waals surface area contributed by atoms with E-state index in [0.29, 0.717) is 17.8 Å². The fraction of sp³-hybridized carbons (Fsp3) is 0.250. The molecule has 0 aromatic heterocycles. The van der Waals surface area contributed by atoms with Crippen LogP contribution in [0.4, 0.5) is 24.5 Å². The lowest BCUT2D eigenvalue weighted by molar-refractivity contribution is -0.137. The summed E-state index contributed by atoms with van der Waals surface area (Å²) >= 11 is 0. The second kappa shape index (κ2) is 10.1. The van der Waals surface area contributed by atoms with Crippen LogP contribution >= 0.6 is 0 Å². The highest BCUT2D eigenvalue weighted by atomic mass is 19.4. The normalized spacial score (nSPS) is 17.1. The van der Waals surface area contributed by atoms with Crippen LogP contribution in [0.3, 0.4) is 0 Å². The van der Waals surface area contributed by atoms with E-state index in [1.165, 1.54) is 13.8 Å². The zero-order valence-electron chi connectivity index (χ0n) is 20.5. The number of carbonyl (C=O) groups excluding carboxylic acids is 3. The SMILES string of the molecule is CC(=O)Nc1cccc(-c2ccc3c(c2)[C@H](NC(=O)c2ccc(C(F)(F)F)cc2)C[C@H](C)N3C(C)=O)c1. The minimum absolute atomic E-state index is 0.107. The summed E-state index contributed by atoms with van der Waals surface area (Å²) in [6.07, 6.45) is -4.06. The molecule has 3 aromatic carbocycles. The first-order valence-corrected chi connectivity index (χ1v) is 11.7. The number of nitrogens with zero attached hydrogens (tertiary/aromatic N) is 1. The average Bonchev–Trinajstić information content (AvgIpc) is 2.83. The van der Waals surface area contributed by atoms with E-state index in [-0.39, 0.29) is 23.4 Å². The summed E-state index contributed by atoms with van der Waals surface area (Å²) in [5.41, 5.74) is 2.93. The van der Waals surface area contributed by atoms with Gasteiger partial charge in [0.05, 0.1) is 11.6 Å². The second-order valence-corrected chi connectivity index (χ2v) is 9.11. The standard InChI is InChI=1S/C28H26F3N3O3/c1-16-13-25(33-27(37)19-7-10-22(11-8-19)28(29,30)31)24-15-21(9-12-26(24)34(16)18(3)36)20-5-4-6-23(14-20)32-17(2)35/h4-12,14-16,25H,13H2,1-3H3,(H,32,35)(H,33,37)/t16-,25+/m0/s1. The highest BCUT2D eigenvalue weighted by Gasteiger charge is 2.34. The van der Waals surface area contributed by atoms with Crippen LogP contribution in [0, 0.1) is 0 Å². The van der Waals surface area contributed by atoms with Gasteiger partial charge in [0.1, 0.15) is 0 Å². The molecule has 0 aliphatic carbocycles. The molecule has 2 N–H and O–H groups in total. The quantitative estimate of drug-likeness (QED) is 0.457. The van der Waals surface area contributed by atoms with Crippen LogP contribution < -0.4 is 15.5 Å². The molecule has 3 aromatic rings. The lowest BCUT2D eigenvalue weighted by Gasteiger charge is -2.39. The minimum Gasteiger partial charge on any atom is -0.345 e. The van der Waals surface area contributed by atoms with Gasteiger partial charge in [-0.25, -0.2) is 0 Å². The van der Waals surface area contributed by atoms with Gasteiger partial charge in [-0.1, -0.05) is 18.2 Å². The summed E-state index contributed by atoms with van der Waals surface area (Å²) in [7, 11) is 0. The Bertz CT molecular complexity index is 1350. The number of benzene rings is 3. The number of carbonyl (C=O) groups is 3. The maximum atomic E-state index is 13.0. The van der Waals surface area contributed by atoms with Crippen molar-refractivity contribution in [1.29, 1.82) is 0 Å². The molecule has 1 aliphatic heterocycles. The number of hydrogen-bond acceptors (Lipinski definition) is 3. The lowest BCUT2D eigenvalue weighted by atomic mass is 9.88. The minimum atomic E-state index is -4.49. The van der Waals surface area contributed by atoms with Gasteiger partial charge < -0.3 is 15.5 Å². The third kappa shape index (κ3) is 5.66. The third-order valence-electron chi connectivity index (χ3n) is 6.32. The predicted molar refractivity (Wildman–Crippen MR) is 135 cm³/mol. The number of nitrogens with one attached hydrogen (secondary N) is 2. The summed E-state index contributed by atoms with van der Waals surface area (Å²) < 4.78 is 38.7. The van der Waals surface area contributed by atoms with Crippen molar-refractivity contribution in [2.45, 2.75) is 45.5 Å². The highest BCUT2D eigenvalue weighted by Crippen LogP contribution is 2.40. The molecule has 2 atom stereocenters. The smallest absolute Gasteiger partial charge is 0.345 e. The summed E-state index contributed by atoms with van der Waals surface area (Å²) in [5.74, 6) is -0.840. The first-order valence-electron chi connectivity index (χ1n) is 11.7. The van der Waals surface area contributed by atoms with Gasteiger partial charge in [-0.2, -0.15) is 13.2 Å². The van der Waals surface area contributed by atoms with Gasteiger partial charge in [0.2, 0.25) is 11.8 Å². The van der Waals surface area contributed by atoms with Crippen LogP contribution in [-0.4, -0.2) is 23.8 Å². The van der Waals surface area contributed by atoms with E-state index in [1.807, 2.05) is 43.3 Å². The highest BCUT2D eigenvalue weighted by molar-refractivity contribution is 5.97. The van der Waals surface area contributed by atoms with Crippen molar-refractivity contribution in [2.24, 2.45) is 0 Å². The van der Waals surface area contributed by atoms with Gasteiger partial charge in [-0.3, -0.25) is 14.4 Å². The number of anilines is 2. The van der Waals surface area contributed by atoms with E-state index in [9.17, 15) is 27.6 Å². The molecule has 0 bridgehead atoms. The average molecular weight is 510 g/mol. The molecule has 4 rings (SSSR count). The molecule has 0 fully saturated rings. The molecule has 0 radical (unpaired) electrons. The molecule has 1 heterocycles. The number of fused-ring (bicyclic) bond motifs is 1. The number of alkyl halides is 3. The fourth-order valence-electron chi connectivity index (χ4n) is 4.69. The van der Waals surface area contributed by atoms with E-state index >= 15 is 0 Å². The molecule has 192 valence electrons. The van der Waals surface area contributed by atoms with Crippen LogP contribution in [0.1, 0.15) is 54.7 Å². The van der Waals surface area contributed by atoms with Gasteiger partial charge in [0, 0.05) is 36.8 Å². The van der Waals surface area contributed by atoms with Gasteiger partial charge in [0.25, 0.3) is 5.91 Å². The predicted octanol–water partition coefficient (Wildman–Crippen LogP) is 5.95. The Kier molecular flexibility index (Phi) is 7.07. The fourth-order valence-corrected chi connectivity index (χ4v) is 4.69.